The molecule has 0 aliphatic carbocycles. The molecule has 4 nitrogen and oxygen atoms in total. The quantitative estimate of drug-likeness (QED) is 0.734. The highest BCUT2D eigenvalue weighted by atomic mass is 16.4. The van der Waals surface area contributed by atoms with Crippen molar-refractivity contribution >= 4 is 16.7 Å². The summed E-state index contributed by atoms with van der Waals surface area (Å²) in [6.45, 7) is 2.24. The normalized spacial score (nSPS) is 16.1. The standard InChI is InChI=1S/C21H19NO3/c23-19-16-7-1-2-8-17(16)25-21(20(19)24)15-11-13-5-3-9-22-10-4-6-14(12-15)18(13)22/h1-2,7-8,11-12,24H,3-6,9-10H2. The Morgan fingerprint density at radius 3 is 2.40 bits per heavy atom. The Balaban J connectivity index is 1.76. The summed E-state index contributed by atoms with van der Waals surface area (Å²) in [7, 11) is 0. The number of anilines is 1. The van der Waals surface area contributed by atoms with Crippen LogP contribution in [0, 0.1) is 0 Å². The van der Waals surface area contributed by atoms with Crippen LogP contribution < -0.4 is 10.3 Å². The van der Waals surface area contributed by atoms with Crippen molar-refractivity contribution in [3.63, 3.8) is 0 Å². The Morgan fingerprint density at radius 2 is 1.68 bits per heavy atom. The average Bonchev–Trinajstić information content (AvgIpc) is 2.65. The molecule has 0 spiro atoms. The lowest BCUT2D eigenvalue weighted by Gasteiger charge is -2.37. The van der Waals surface area contributed by atoms with Crippen molar-refractivity contribution in [2.75, 3.05) is 18.0 Å². The van der Waals surface area contributed by atoms with Gasteiger partial charge in [-0.25, -0.2) is 0 Å². The maximum Gasteiger partial charge on any atom is 0.235 e. The molecule has 0 amide bonds. The van der Waals surface area contributed by atoms with E-state index >= 15 is 0 Å². The van der Waals surface area contributed by atoms with Crippen LogP contribution in [0.3, 0.4) is 0 Å². The SMILES string of the molecule is O=c1c(O)c(-c2cc3c4c(c2)CCCN4CCC3)oc2ccccc12. The number of aryl methyl sites for hydroxylation is 2. The molecule has 2 aliphatic heterocycles. The van der Waals surface area contributed by atoms with Crippen LogP contribution in [0.2, 0.25) is 0 Å². The smallest absolute Gasteiger partial charge is 0.235 e. The van der Waals surface area contributed by atoms with Crippen LogP contribution in [0.4, 0.5) is 5.69 Å². The van der Waals surface area contributed by atoms with Crippen LogP contribution in [0.5, 0.6) is 5.75 Å². The van der Waals surface area contributed by atoms with Crippen molar-refractivity contribution in [1.82, 2.24) is 0 Å². The first-order chi connectivity index (χ1) is 12.2. The van der Waals surface area contributed by atoms with E-state index in [1.54, 1.807) is 18.2 Å². The molecule has 3 aromatic rings. The van der Waals surface area contributed by atoms with E-state index in [9.17, 15) is 9.90 Å². The molecule has 0 radical (unpaired) electrons. The minimum absolute atomic E-state index is 0.283. The molecular weight excluding hydrogens is 314 g/mol. The summed E-state index contributed by atoms with van der Waals surface area (Å²) in [6, 6.07) is 11.2. The van der Waals surface area contributed by atoms with Gasteiger partial charge in [0.25, 0.3) is 0 Å². The van der Waals surface area contributed by atoms with Gasteiger partial charge in [-0.3, -0.25) is 4.79 Å². The van der Waals surface area contributed by atoms with Crippen molar-refractivity contribution < 1.29 is 9.52 Å². The van der Waals surface area contributed by atoms with Crippen LogP contribution in [0.1, 0.15) is 24.0 Å². The van der Waals surface area contributed by atoms with Gasteiger partial charge in [-0.05, 0) is 61.1 Å². The molecule has 25 heavy (non-hydrogen) atoms. The fraction of sp³-hybridized carbons (Fsp3) is 0.286. The van der Waals surface area contributed by atoms with E-state index in [0.717, 1.165) is 44.3 Å². The molecule has 2 aliphatic rings. The zero-order chi connectivity index (χ0) is 17.0. The molecular formula is C21H19NO3. The Kier molecular flexibility index (Phi) is 3.14. The highest BCUT2D eigenvalue weighted by Crippen LogP contribution is 2.40. The van der Waals surface area contributed by atoms with E-state index in [2.05, 4.69) is 17.0 Å². The summed E-state index contributed by atoms with van der Waals surface area (Å²) in [6.07, 6.45) is 4.35. The highest BCUT2D eigenvalue weighted by molar-refractivity contribution is 5.82. The topological polar surface area (TPSA) is 53.7 Å². The number of fused-ring (bicyclic) bond motifs is 1. The maximum atomic E-state index is 12.5. The third-order valence-corrected chi connectivity index (χ3v) is 5.37. The Labute approximate surface area is 145 Å². The number of hydrogen-bond donors (Lipinski definition) is 1. The number of aromatic hydroxyl groups is 1. The van der Waals surface area contributed by atoms with Crippen molar-refractivity contribution in [3.05, 3.63) is 57.7 Å². The third kappa shape index (κ3) is 2.17. The van der Waals surface area contributed by atoms with E-state index < -0.39 is 0 Å². The van der Waals surface area contributed by atoms with Gasteiger partial charge in [-0.2, -0.15) is 0 Å². The summed E-state index contributed by atoms with van der Waals surface area (Å²) in [5.41, 5.74) is 4.90. The van der Waals surface area contributed by atoms with Gasteiger partial charge in [0, 0.05) is 24.3 Å². The van der Waals surface area contributed by atoms with Crippen molar-refractivity contribution in [3.8, 4) is 17.1 Å². The van der Waals surface area contributed by atoms with E-state index in [-0.39, 0.29) is 16.9 Å². The molecule has 3 heterocycles. The second kappa shape index (κ2) is 5.38. The largest absolute Gasteiger partial charge is 0.502 e. The van der Waals surface area contributed by atoms with Gasteiger partial charge in [0.05, 0.1) is 5.39 Å². The second-order valence-electron chi connectivity index (χ2n) is 6.94. The molecule has 0 fully saturated rings. The van der Waals surface area contributed by atoms with Crippen LogP contribution in [0.25, 0.3) is 22.3 Å². The van der Waals surface area contributed by atoms with Crippen LogP contribution >= 0.6 is 0 Å². The molecule has 4 heteroatoms. The molecule has 0 bridgehead atoms. The predicted octanol–water partition coefficient (Wildman–Crippen LogP) is 3.86. The molecule has 0 saturated heterocycles. The average molecular weight is 333 g/mol. The minimum Gasteiger partial charge on any atom is -0.502 e. The predicted molar refractivity (Wildman–Crippen MR) is 98.4 cm³/mol. The maximum absolute atomic E-state index is 12.5. The van der Waals surface area contributed by atoms with Gasteiger partial charge < -0.3 is 14.4 Å². The van der Waals surface area contributed by atoms with Gasteiger partial charge in [0.1, 0.15) is 5.58 Å². The lowest BCUT2D eigenvalue weighted by Crippen LogP contribution is -2.34. The summed E-state index contributed by atoms with van der Waals surface area (Å²) >= 11 is 0. The van der Waals surface area contributed by atoms with Crippen molar-refractivity contribution in [2.24, 2.45) is 0 Å². The fourth-order valence-corrected chi connectivity index (χ4v) is 4.26. The molecule has 0 unspecified atom stereocenters. The van der Waals surface area contributed by atoms with E-state index in [4.69, 9.17) is 4.42 Å². The first kappa shape index (κ1) is 14.6. The molecule has 0 saturated carbocycles. The zero-order valence-corrected chi connectivity index (χ0v) is 13.9. The Hall–Kier alpha value is -2.75. The summed E-state index contributed by atoms with van der Waals surface area (Å²) in [5, 5.41) is 10.9. The van der Waals surface area contributed by atoms with Crippen molar-refractivity contribution in [2.45, 2.75) is 25.7 Å². The minimum atomic E-state index is -0.371. The zero-order valence-electron chi connectivity index (χ0n) is 13.9. The highest BCUT2D eigenvalue weighted by Gasteiger charge is 2.26. The monoisotopic (exact) mass is 333 g/mol. The number of benzene rings is 2. The van der Waals surface area contributed by atoms with Crippen molar-refractivity contribution in [1.29, 1.82) is 0 Å². The molecule has 1 N–H and O–H groups in total. The Morgan fingerprint density at radius 1 is 1.00 bits per heavy atom. The van der Waals surface area contributed by atoms with Gasteiger partial charge >= 0.3 is 0 Å². The lowest BCUT2D eigenvalue weighted by atomic mass is 9.89. The molecule has 0 atom stereocenters. The van der Waals surface area contributed by atoms with Gasteiger partial charge in [-0.15, -0.1) is 0 Å². The number of rotatable bonds is 1. The number of nitrogens with zero attached hydrogens (tertiary/aromatic N) is 1. The van der Waals surface area contributed by atoms with Gasteiger partial charge in [0.2, 0.25) is 11.2 Å². The second-order valence-corrected chi connectivity index (χ2v) is 6.94. The van der Waals surface area contributed by atoms with Gasteiger partial charge in [-0.1, -0.05) is 12.1 Å². The van der Waals surface area contributed by atoms with E-state index in [1.807, 2.05) is 6.07 Å². The van der Waals surface area contributed by atoms with Crippen LogP contribution in [-0.2, 0) is 12.8 Å². The van der Waals surface area contributed by atoms with Gasteiger partial charge in [0.15, 0.2) is 5.76 Å². The third-order valence-electron chi connectivity index (χ3n) is 5.37. The molecule has 126 valence electrons. The Bertz CT molecular complexity index is 1020. The fourth-order valence-electron chi connectivity index (χ4n) is 4.26. The van der Waals surface area contributed by atoms with Crippen LogP contribution in [-0.4, -0.2) is 18.2 Å². The molecule has 2 aromatic carbocycles. The summed E-state index contributed by atoms with van der Waals surface area (Å²) in [5.74, 6) is -0.0141. The summed E-state index contributed by atoms with van der Waals surface area (Å²) in [4.78, 5) is 15.0. The first-order valence-corrected chi connectivity index (χ1v) is 8.88. The number of para-hydroxylation sites is 1. The number of hydrogen-bond acceptors (Lipinski definition) is 4. The van der Waals surface area contributed by atoms with E-state index in [0.29, 0.717) is 11.0 Å². The van der Waals surface area contributed by atoms with Crippen LogP contribution in [0.15, 0.2) is 45.6 Å². The molecule has 1 aromatic heterocycles. The summed E-state index contributed by atoms with van der Waals surface area (Å²) < 4.78 is 5.93. The lowest BCUT2D eigenvalue weighted by molar-refractivity contribution is 0.449. The first-order valence-electron chi connectivity index (χ1n) is 8.88. The van der Waals surface area contributed by atoms with E-state index in [1.165, 1.54) is 16.8 Å². The molecule has 5 rings (SSSR count).